The number of benzene rings is 2. The van der Waals surface area contributed by atoms with Crippen LogP contribution in [-0.2, 0) is 0 Å². The lowest BCUT2D eigenvalue weighted by atomic mass is 10.2. The van der Waals surface area contributed by atoms with Crippen molar-refractivity contribution in [3.8, 4) is 0 Å². The highest BCUT2D eigenvalue weighted by Crippen LogP contribution is 2.20. The molecule has 0 bridgehead atoms. The summed E-state index contributed by atoms with van der Waals surface area (Å²) in [6.07, 6.45) is 0. The molecule has 1 aromatic heterocycles. The number of fused-ring (bicyclic) bond motifs is 1. The zero-order valence-corrected chi connectivity index (χ0v) is 13.9. The molecule has 0 aliphatic carbocycles. The van der Waals surface area contributed by atoms with Crippen LogP contribution < -0.4 is 16.6 Å². The van der Waals surface area contributed by atoms with Crippen LogP contribution in [0.25, 0.3) is 11.0 Å². The zero-order valence-electron chi connectivity index (χ0n) is 12.3. The molecule has 0 atom stereocenters. The summed E-state index contributed by atoms with van der Waals surface area (Å²) in [5.41, 5.74) is 9.19. The predicted molar refractivity (Wildman–Crippen MR) is 98.3 cm³/mol. The van der Waals surface area contributed by atoms with Crippen molar-refractivity contribution in [3.63, 3.8) is 0 Å². The highest BCUT2D eigenvalue weighted by atomic mass is 35.5. The van der Waals surface area contributed by atoms with Gasteiger partial charge in [0.15, 0.2) is 0 Å². The van der Waals surface area contributed by atoms with Crippen LogP contribution in [0.5, 0.6) is 0 Å². The Morgan fingerprint density at radius 1 is 1.17 bits per heavy atom. The molecule has 0 aliphatic heterocycles. The quantitative estimate of drug-likeness (QED) is 0.706. The van der Waals surface area contributed by atoms with Crippen molar-refractivity contribution in [2.45, 2.75) is 0 Å². The fourth-order valence-corrected chi connectivity index (χ4v) is 2.51. The van der Waals surface area contributed by atoms with E-state index in [4.69, 9.17) is 34.0 Å². The molecule has 3 aromatic rings. The number of anilines is 1. The molecule has 6 heteroatoms. The number of nitrogens with one attached hydrogen (secondary N) is 1. The number of rotatable bonds is 3. The topological polar surface area (TPSA) is 63.5 Å². The second-order valence-electron chi connectivity index (χ2n) is 4.92. The molecule has 0 saturated carbocycles. The van der Waals surface area contributed by atoms with E-state index in [-0.39, 0.29) is 4.99 Å². The Bertz CT molecular complexity index is 948. The monoisotopic (exact) mass is 343 g/mol. The first kappa shape index (κ1) is 15.5. The summed E-state index contributed by atoms with van der Waals surface area (Å²) in [5.74, 6) is 0. The lowest BCUT2D eigenvalue weighted by molar-refractivity contribution is 0.543. The molecule has 3 rings (SSSR count). The van der Waals surface area contributed by atoms with Crippen LogP contribution in [-0.4, -0.2) is 12.0 Å². The van der Waals surface area contributed by atoms with Gasteiger partial charge in [-0.2, -0.15) is 0 Å². The van der Waals surface area contributed by atoms with E-state index in [9.17, 15) is 0 Å². The van der Waals surface area contributed by atoms with Crippen molar-refractivity contribution in [2.24, 2.45) is 10.7 Å². The van der Waals surface area contributed by atoms with E-state index in [2.05, 4.69) is 10.3 Å². The Morgan fingerprint density at radius 2 is 1.91 bits per heavy atom. The van der Waals surface area contributed by atoms with Gasteiger partial charge in [0, 0.05) is 23.1 Å². The molecule has 0 spiro atoms. The van der Waals surface area contributed by atoms with E-state index in [1.165, 1.54) is 0 Å². The van der Waals surface area contributed by atoms with Crippen LogP contribution in [0.3, 0.4) is 0 Å². The molecular formula is C17H14ClN3OS. The van der Waals surface area contributed by atoms with Crippen molar-refractivity contribution in [1.82, 2.24) is 0 Å². The first-order chi connectivity index (χ1) is 11.1. The third kappa shape index (κ3) is 3.36. The van der Waals surface area contributed by atoms with Crippen LogP contribution in [0, 0.1) is 0 Å². The minimum atomic E-state index is 0.223. The minimum Gasteiger partial charge on any atom is -0.438 e. The molecule has 23 heavy (non-hydrogen) atoms. The number of thiocarbonyl (C=S) groups is 1. The van der Waals surface area contributed by atoms with Crippen molar-refractivity contribution >= 4 is 51.2 Å². The molecule has 0 saturated heterocycles. The Labute approximate surface area is 143 Å². The third-order valence-electron chi connectivity index (χ3n) is 3.36. The summed E-state index contributed by atoms with van der Waals surface area (Å²) in [6, 6.07) is 14.8. The number of halogens is 1. The van der Waals surface area contributed by atoms with Crippen molar-refractivity contribution < 1.29 is 4.42 Å². The first-order valence-electron chi connectivity index (χ1n) is 6.92. The predicted octanol–water partition coefficient (Wildman–Crippen LogP) is 3.99. The smallest absolute Gasteiger partial charge is 0.230 e. The lowest BCUT2D eigenvalue weighted by Gasteiger charge is -2.04. The van der Waals surface area contributed by atoms with E-state index in [0.29, 0.717) is 21.7 Å². The highest BCUT2D eigenvalue weighted by Gasteiger charge is 2.07. The minimum absolute atomic E-state index is 0.223. The Kier molecular flexibility index (Phi) is 4.32. The molecule has 0 fully saturated rings. The van der Waals surface area contributed by atoms with E-state index >= 15 is 0 Å². The number of nitrogens with zero attached hydrogens (tertiary/aromatic N) is 1. The molecule has 116 valence electrons. The van der Waals surface area contributed by atoms with Gasteiger partial charge in [-0.25, -0.2) is 4.99 Å². The highest BCUT2D eigenvalue weighted by molar-refractivity contribution is 7.80. The Balaban J connectivity index is 2.21. The summed E-state index contributed by atoms with van der Waals surface area (Å²) in [4.78, 5) is 4.74. The maximum absolute atomic E-state index is 6.01. The average Bonchev–Trinajstić information content (AvgIpc) is 2.55. The van der Waals surface area contributed by atoms with Gasteiger partial charge in [0.25, 0.3) is 0 Å². The van der Waals surface area contributed by atoms with Crippen LogP contribution >= 0.6 is 23.8 Å². The molecule has 3 N–H and O–H groups in total. The normalized spacial score (nSPS) is 11.7. The van der Waals surface area contributed by atoms with Gasteiger partial charge in [0.1, 0.15) is 10.6 Å². The van der Waals surface area contributed by atoms with Gasteiger partial charge in [-0.05, 0) is 48.5 Å². The molecule has 0 radical (unpaired) electrons. The lowest BCUT2D eigenvalue weighted by Crippen LogP contribution is -2.20. The zero-order chi connectivity index (χ0) is 16.4. The molecule has 0 aliphatic rings. The summed E-state index contributed by atoms with van der Waals surface area (Å²) in [5, 5.41) is 4.50. The number of hydrogen-bond acceptors (Lipinski definition) is 4. The largest absolute Gasteiger partial charge is 0.438 e. The molecule has 2 aromatic carbocycles. The van der Waals surface area contributed by atoms with E-state index in [1.54, 1.807) is 18.2 Å². The summed E-state index contributed by atoms with van der Waals surface area (Å²) >= 11 is 11.1. The van der Waals surface area contributed by atoms with Gasteiger partial charge in [-0.15, -0.1) is 0 Å². The molecule has 0 amide bonds. The van der Waals surface area contributed by atoms with Crippen LogP contribution in [0.15, 0.2) is 57.9 Å². The van der Waals surface area contributed by atoms with E-state index in [0.717, 1.165) is 16.8 Å². The fraction of sp³-hybridized carbons (Fsp3) is 0.0588. The molecule has 4 nitrogen and oxygen atoms in total. The van der Waals surface area contributed by atoms with Gasteiger partial charge >= 0.3 is 0 Å². The van der Waals surface area contributed by atoms with E-state index in [1.807, 2.05) is 37.4 Å². The molecular weight excluding hydrogens is 330 g/mol. The number of nitrogens with two attached hydrogens (primary N) is 1. The molecule has 1 heterocycles. The standard InChI is InChI=1S/C17H14ClN3OS/c1-20-12-3-5-13(6-4-12)21-17-14(16(19)23)9-10-8-11(18)2-7-15(10)22-17/h2-9,20H,1H3,(H2,19,23)/b21-17-. The fourth-order valence-electron chi connectivity index (χ4n) is 2.18. The van der Waals surface area contributed by atoms with Gasteiger partial charge in [0.2, 0.25) is 5.55 Å². The van der Waals surface area contributed by atoms with E-state index < -0.39 is 0 Å². The maximum atomic E-state index is 6.01. The average molecular weight is 344 g/mol. The van der Waals surface area contributed by atoms with Crippen molar-refractivity contribution in [3.05, 3.63) is 64.7 Å². The Hall–Kier alpha value is -2.37. The molecule has 0 unspecified atom stereocenters. The third-order valence-corrected chi connectivity index (χ3v) is 3.82. The van der Waals surface area contributed by atoms with Gasteiger partial charge in [-0.3, -0.25) is 0 Å². The Morgan fingerprint density at radius 3 is 2.57 bits per heavy atom. The van der Waals surface area contributed by atoms with Gasteiger partial charge < -0.3 is 15.5 Å². The number of hydrogen-bond donors (Lipinski definition) is 2. The van der Waals surface area contributed by atoms with Crippen molar-refractivity contribution in [2.75, 3.05) is 12.4 Å². The maximum Gasteiger partial charge on any atom is 0.230 e. The van der Waals surface area contributed by atoms with Crippen molar-refractivity contribution in [1.29, 1.82) is 0 Å². The SMILES string of the molecule is CNc1ccc(/N=c2\oc3ccc(Cl)cc3cc2C(N)=S)cc1. The van der Waals surface area contributed by atoms with Gasteiger partial charge in [0.05, 0.1) is 11.3 Å². The second-order valence-corrected chi connectivity index (χ2v) is 5.80. The first-order valence-corrected chi connectivity index (χ1v) is 7.71. The summed E-state index contributed by atoms with van der Waals surface area (Å²) < 4.78 is 5.86. The van der Waals surface area contributed by atoms with Crippen LogP contribution in [0.4, 0.5) is 11.4 Å². The van der Waals surface area contributed by atoms with Crippen LogP contribution in [0.1, 0.15) is 5.56 Å². The second kappa shape index (κ2) is 6.40. The van der Waals surface area contributed by atoms with Gasteiger partial charge in [-0.1, -0.05) is 23.8 Å². The summed E-state index contributed by atoms with van der Waals surface area (Å²) in [7, 11) is 1.86. The summed E-state index contributed by atoms with van der Waals surface area (Å²) in [6.45, 7) is 0. The van der Waals surface area contributed by atoms with Crippen LogP contribution in [0.2, 0.25) is 5.02 Å².